The van der Waals surface area contributed by atoms with Gasteiger partial charge in [-0.25, -0.2) is 4.79 Å². The molecule has 0 aromatic heterocycles. The van der Waals surface area contributed by atoms with Gasteiger partial charge in [0.15, 0.2) is 0 Å². The number of carbonyl (C=O) groups excluding carboxylic acids is 1. The Morgan fingerprint density at radius 3 is 2.35 bits per heavy atom. The van der Waals surface area contributed by atoms with Crippen molar-refractivity contribution in [2.75, 3.05) is 0 Å². The Balaban J connectivity index is 3.06. The van der Waals surface area contributed by atoms with Gasteiger partial charge < -0.3 is 35.6 Å². The van der Waals surface area contributed by atoms with Crippen LogP contribution in [0.3, 0.4) is 0 Å². The molecule has 0 aromatic rings. The maximum absolute atomic E-state index is 11.1. The predicted molar refractivity (Wildman–Crippen MR) is 63.4 cm³/mol. The lowest BCUT2D eigenvalue weighted by atomic mass is 9.89. The molecule has 9 heteroatoms. The number of carboxylic acids is 1. The molecule has 1 fully saturated rings. The summed E-state index contributed by atoms with van der Waals surface area (Å²) in [4.78, 5) is 22.1. The van der Waals surface area contributed by atoms with Gasteiger partial charge in [-0.2, -0.15) is 0 Å². The average Bonchev–Trinajstić information content (AvgIpc) is 2.30. The van der Waals surface area contributed by atoms with E-state index >= 15 is 0 Å². The second-order valence-corrected chi connectivity index (χ2v) is 4.90. The van der Waals surface area contributed by atoms with Crippen molar-refractivity contribution in [2.24, 2.45) is 0 Å². The minimum Gasteiger partial charge on any atom is -0.477 e. The number of aliphatic hydroxyl groups is 4. The fourth-order valence-electron chi connectivity index (χ4n) is 2.08. The summed E-state index contributed by atoms with van der Waals surface area (Å²) in [7, 11) is 0. The Labute approximate surface area is 114 Å². The molecule has 1 aliphatic heterocycles. The lowest BCUT2D eigenvalue weighted by molar-refractivity contribution is -0.293. The number of carboxylic acid groups (broad SMARTS) is 1. The maximum Gasteiger partial charge on any atom is 0.364 e. The van der Waals surface area contributed by atoms with Crippen molar-refractivity contribution in [1.29, 1.82) is 0 Å². The number of rotatable bonds is 4. The van der Waals surface area contributed by atoms with Crippen LogP contribution in [0.4, 0.5) is 0 Å². The molecule has 1 saturated heterocycles. The molecule has 1 aliphatic rings. The largest absolute Gasteiger partial charge is 0.477 e. The summed E-state index contributed by atoms with van der Waals surface area (Å²) in [6, 6.07) is -1.16. The van der Waals surface area contributed by atoms with Gasteiger partial charge in [0.2, 0.25) is 5.91 Å². The van der Waals surface area contributed by atoms with Crippen LogP contribution in [0.5, 0.6) is 0 Å². The van der Waals surface area contributed by atoms with Gasteiger partial charge in [-0.15, -0.1) is 0 Å². The van der Waals surface area contributed by atoms with Crippen LogP contribution >= 0.6 is 0 Å². The highest BCUT2D eigenvalue weighted by molar-refractivity contribution is 5.76. The zero-order valence-electron chi connectivity index (χ0n) is 11.1. The van der Waals surface area contributed by atoms with Gasteiger partial charge >= 0.3 is 5.97 Å². The number of ether oxygens (including phenoxy) is 1. The van der Waals surface area contributed by atoms with E-state index in [0.717, 1.165) is 6.92 Å². The summed E-state index contributed by atoms with van der Waals surface area (Å²) in [5, 5.41) is 50.1. The molecule has 0 bridgehead atoms. The number of hydrogen-bond donors (Lipinski definition) is 6. The van der Waals surface area contributed by atoms with Crippen molar-refractivity contribution < 1.29 is 39.9 Å². The Morgan fingerprint density at radius 1 is 1.40 bits per heavy atom. The molecule has 0 saturated carbocycles. The Kier molecular flexibility index (Phi) is 5.05. The number of amides is 1. The van der Waals surface area contributed by atoms with Gasteiger partial charge in [-0.05, 0) is 6.92 Å². The molecule has 1 rings (SSSR count). The molecule has 9 nitrogen and oxygen atoms in total. The second kappa shape index (κ2) is 6.02. The smallest absolute Gasteiger partial charge is 0.364 e. The third-order valence-electron chi connectivity index (χ3n) is 3.12. The number of carbonyl (C=O) groups is 2. The summed E-state index contributed by atoms with van der Waals surface area (Å²) >= 11 is 0. The number of nitrogens with one attached hydrogen (secondary N) is 1. The molecular weight excluding hydrogens is 274 g/mol. The van der Waals surface area contributed by atoms with Crippen LogP contribution in [0.25, 0.3) is 0 Å². The highest BCUT2D eigenvalue weighted by Crippen LogP contribution is 2.30. The van der Waals surface area contributed by atoms with Crippen molar-refractivity contribution in [2.45, 2.75) is 56.5 Å². The van der Waals surface area contributed by atoms with Crippen molar-refractivity contribution in [3.8, 4) is 0 Å². The van der Waals surface area contributed by atoms with Gasteiger partial charge in [0, 0.05) is 13.3 Å². The first kappa shape index (κ1) is 16.8. The predicted octanol–water partition coefficient (Wildman–Crippen LogP) is -2.84. The first-order valence-corrected chi connectivity index (χ1v) is 6.03. The van der Waals surface area contributed by atoms with Gasteiger partial charge in [0.25, 0.3) is 5.79 Å². The summed E-state index contributed by atoms with van der Waals surface area (Å²) in [6.45, 7) is 2.39. The molecule has 6 N–H and O–H groups in total. The minimum atomic E-state index is -2.70. The van der Waals surface area contributed by atoms with E-state index in [-0.39, 0.29) is 0 Å². The monoisotopic (exact) mass is 293 g/mol. The van der Waals surface area contributed by atoms with E-state index in [2.05, 4.69) is 5.32 Å². The zero-order valence-corrected chi connectivity index (χ0v) is 11.1. The van der Waals surface area contributed by atoms with E-state index in [1.807, 2.05) is 0 Å². The van der Waals surface area contributed by atoms with Gasteiger partial charge in [0.1, 0.15) is 12.2 Å². The molecule has 116 valence electrons. The standard InChI is InChI=1S/C11H19NO8/c1-4(13)8(16)9-7(12-5(2)14)6(15)3-11(19,20-9)10(17)18/h4,6-9,13,15-16,19H,3H2,1-2H3,(H,12,14)(H,17,18)/t4-,6+,7-,8-,9-,11?/m1/s1. The lowest BCUT2D eigenvalue weighted by Crippen LogP contribution is -2.66. The van der Waals surface area contributed by atoms with E-state index in [4.69, 9.17) is 9.84 Å². The SMILES string of the molecule is CC(=O)N[C@H]1[C@H]([C@H](O)[C@@H](C)O)OC(O)(C(=O)O)C[C@@H]1O. The quantitative estimate of drug-likeness (QED) is 0.323. The number of hydrogen-bond acceptors (Lipinski definition) is 7. The van der Waals surface area contributed by atoms with Gasteiger partial charge in [-0.3, -0.25) is 4.79 Å². The third kappa shape index (κ3) is 3.44. The molecule has 0 radical (unpaired) electrons. The lowest BCUT2D eigenvalue weighted by Gasteiger charge is -2.44. The highest BCUT2D eigenvalue weighted by Gasteiger charge is 2.53. The third-order valence-corrected chi connectivity index (χ3v) is 3.12. The molecule has 1 amide bonds. The van der Waals surface area contributed by atoms with Crippen LogP contribution in [-0.4, -0.2) is 73.7 Å². The molecule has 1 heterocycles. The van der Waals surface area contributed by atoms with E-state index in [9.17, 15) is 30.0 Å². The summed E-state index contributed by atoms with van der Waals surface area (Å²) in [6.07, 6.45) is -6.56. The topological polar surface area (TPSA) is 157 Å². The highest BCUT2D eigenvalue weighted by atomic mass is 16.7. The molecule has 1 unspecified atom stereocenters. The molecule has 20 heavy (non-hydrogen) atoms. The Hall–Kier alpha value is -1.26. The first-order valence-electron chi connectivity index (χ1n) is 6.03. The summed E-state index contributed by atoms with van der Waals surface area (Å²) < 4.78 is 4.91. The van der Waals surface area contributed by atoms with E-state index < -0.39 is 54.5 Å². The molecule has 0 spiro atoms. The van der Waals surface area contributed by atoms with Crippen LogP contribution in [0, 0.1) is 0 Å². The van der Waals surface area contributed by atoms with E-state index in [1.54, 1.807) is 0 Å². The zero-order chi connectivity index (χ0) is 15.7. The Morgan fingerprint density at radius 2 is 1.95 bits per heavy atom. The van der Waals surface area contributed by atoms with Crippen LogP contribution in [0.2, 0.25) is 0 Å². The van der Waals surface area contributed by atoms with Crippen LogP contribution in [0.1, 0.15) is 20.3 Å². The van der Waals surface area contributed by atoms with Gasteiger partial charge in [0.05, 0.1) is 18.2 Å². The summed E-state index contributed by atoms with van der Waals surface area (Å²) in [5.74, 6) is -4.98. The van der Waals surface area contributed by atoms with Crippen molar-refractivity contribution in [1.82, 2.24) is 5.32 Å². The van der Waals surface area contributed by atoms with Crippen LogP contribution in [-0.2, 0) is 14.3 Å². The van der Waals surface area contributed by atoms with Crippen molar-refractivity contribution in [3.05, 3.63) is 0 Å². The first-order chi connectivity index (χ1) is 9.08. The Bertz CT molecular complexity index is 387. The fourth-order valence-corrected chi connectivity index (χ4v) is 2.08. The minimum absolute atomic E-state index is 0.541. The average molecular weight is 293 g/mol. The second-order valence-electron chi connectivity index (χ2n) is 4.90. The van der Waals surface area contributed by atoms with Crippen molar-refractivity contribution in [3.63, 3.8) is 0 Å². The number of aliphatic carboxylic acids is 1. The van der Waals surface area contributed by atoms with Gasteiger partial charge in [-0.1, -0.05) is 0 Å². The maximum atomic E-state index is 11.1. The molecule has 6 atom stereocenters. The van der Waals surface area contributed by atoms with Crippen molar-refractivity contribution >= 4 is 11.9 Å². The van der Waals surface area contributed by atoms with E-state index in [0.29, 0.717) is 0 Å². The summed E-state index contributed by atoms with van der Waals surface area (Å²) in [5.41, 5.74) is 0. The molecular formula is C11H19NO8. The molecule has 0 aliphatic carbocycles. The van der Waals surface area contributed by atoms with Crippen LogP contribution in [0.15, 0.2) is 0 Å². The normalized spacial score (nSPS) is 37.0. The molecule has 0 aromatic carbocycles. The van der Waals surface area contributed by atoms with Crippen LogP contribution < -0.4 is 5.32 Å². The van der Waals surface area contributed by atoms with E-state index in [1.165, 1.54) is 6.92 Å². The fraction of sp³-hybridized carbons (Fsp3) is 0.818. The number of aliphatic hydroxyl groups excluding tert-OH is 3.